The Bertz CT molecular complexity index is 156. The second kappa shape index (κ2) is 4.60. The molecule has 4 nitrogen and oxygen atoms in total. The highest BCUT2D eigenvalue weighted by Crippen LogP contribution is 2.11. The molecule has 11 heavy (non-hydrogen) atoms. The molecule has 4 heteroatoms. The molecule has 62 valence electrons. The molecule has 0 aliphatic heterocycles. The summed E-state index contributed by atoms with van der Waals surface area (Å²) < 4.78 is 0. The monoisotopic (exact) mass is 158 g/mol. The van der Waals surface area contributed by atoms with Crippen molar-refractivity contribution in [2.24, 2.45) is 11.8 Å². The van der Waals surface area contributed by atoms with Crippen LogP contribution in [0.1, 0.15) is 13.3 Å². The van der Waals surface area contributed by atoms with Gasteiger partial charge in [0.1, 0.15) is 12.6 Å². The lowest BCUT2D eigenvalue weighted by atomic mass is 9.93. The summed E-state index contributed by atoms with van der Waals surface area (Å²) in [6.45, 7) is 1.62. The first kappa shape index (κ1) is 9.81. The molecule has 0 rings (SSSR count). The molecule has 0 unspecified atom stereocenters. The van der Waals surface area contributed by atoms with Crippen LogP contribution in [0.5, 0.6) is 0 Å². The molecule has 0 saturated heterocycles. The van der Waals surface area contributed by atoms with Crippen LogP contribution in [-0.2, 0) is 14.4 Å². The van der Waals surface area contributed by atoms with Crippen LogP contribution in [0.25, 0.3) is 0 Å². The van der Waals surface area contributed by atoms with Crippen LogP contribution >= 0.6 is 0 Å². The quantitative estimate of drug-likeness (QED) is 0.455. The summed E-state index contributed by atoms with van der Waals surface area (Å²) >= 11 is 0. The van der Waals surface area contributed by atoms with Crippen molar-refractivity contribution in [3.63, 3.8) is 0 Å². The summed E-state index contributed by atoms with van der Waals surface area (Å²) in [5.41, 5.74) is 0. The Morgan fingerprint density at radius 2 is 1.91 bits per heavy atom. The molecule has 1 atom stereocenters. The summed E-state index contributed by atoms with van der Waals surface area (Å²) in [5, 5.41) is 8.49. The lowest BCUT2D eigenvalue weighted by molar-refractivity contribution is -0.146. The van der Waals surface area contributed by atoms with Crippen molar-refractivity contribution in [2.45, 2.75) is 13.3 Å². The Balaban J connectivity index is 4.32. The van der Waals surface area contributed by atoms with Crippen molar-refractivity contribution in [3.8, 4) is 0 Å². The summed E-state index contributed by atoms with van der Waals surface area (Å²) in [7, 11) is 0. The van der Waals surface area contributed by atoms with Crippen molar-refractivity contribution in [1.82, 2.24) is 0 Å². The van der Waals surface area contributed by atoms with Crippen LogP contribution in [-0.4, -0.2) is 23.6 Å². The number of carbonyl (C=O) groups is 3. The standard InChI is InChI=1S/C7H10O4/c1-2-6(7(10)11)5(3-8)4-9/h3-6H,2H2,1H3,(H,10,11)/t6-/m0/s1. The Morgan fingerprint density at radius 1 is 1.45 bits per heavy atom. The van der Waals surface area contributed by atoms with Gasteiger partial charge in [0.25, 0.3) is 0 Å². The number of carbonyl (C=O) groups excluding carboxylic acids is 2. The van der Waals surface area contributed by atoms with Gasteiger partial charge < -0.3 is 14.7 Å². The van der Waals surface area contributed by atoms with Crippen LogP contribution < -0.4 is 0 Å². The number of rotatable bonds is 5. The minimum Gasteiger partial charge on any atom is -0.481 e. The molecule has 0 fully saturated rings. The molecule has 0 aromatic rings. The van der Waals surface area contributed by atoms with Crippen molar-refractivity contribution in [2.75, 3.05) is 0 Å². The molecule has 0 bridgehead atoms. The topological polar surface area (TPSA) is 71.4 Å². The maximum Gasteiger partial charge on any atom is 0.307 e. The molecular formula is C7H10O4. The fraction of sp³-hybridized carbons (Fsp3) is 0.571. The molecule has 0 aliphatic rings. The molecule has 0 aromatic carbocycles. The molecule has 0 aliphatic carbocycles. The smallest absolute Gasteiger partial charge is 0.307 e. The highest BCUT2D eigenvalue weighted by Gasteiger charge is 2.25. The average molecular weight is 158 g/mol. The molecule has 0 saturated carbocycles. The number of hydrogen-bond donors (Lipinski definition) is 1. The summed E-state index contributed by atoms with van der Waals surface area (Å²) in [5.74, 6) is -2.97. The van der Waals surface area contributed by atoms with E-state index in [-0.39, 0.29) is 6.42 Å². The minimum absolute atomic E-state index is 0.289. The second-order valence-corrected chi connectivity index (χ2v) is 2.20. The minimum atomic E-state index is -1.10. The normalized spacial score (nSPS) is 12.5. The predicted molar refractivity (Wildman–Crippen MR) is 37.0 cm³/mol. The van der Waals surface area contributed by atoms with Gasteiger partial charge in [-0.25, -0.2) is 0 Å². The van der Waals surface area contributed by atoms with Gasteiger partial charge in [-0.05, 0) is 6.42 Å². The van der Waals surface area contributed by atoms with Crippen molar-refractivity contribution in [1.29, 1.82) is 0 Å². The summed E-state index contributed by atoms with van der Waals surface area (Å²) in [4.78, 5) is 30.7. The molecule has 0 aromatic heterocycles. The van der Waals surface area contributed by atoms with E-state index in [4.69, 9.17) is 5.11 Å². The Kier molecular flexibility index (Phi) is 4.10. The first-order valence-electron chi connectivity index (χ1n) is 3.30. The molecular weight excluding hydrogens is 148 g/mol. The first-order chi connectivity index (χ1) is 5.17. The van der Waals surface area contributed by atoms with E-state index < -0.39 is 17.8 Å². The van der Waals surface area contributed by atoms with E-state index >= 15 is 0 Å². The van der Waals surface area contributed by atoms with Gasteiger partial charge in [-0.1, -0.05) is 6.92 Å². The van der Waals surface area contributed by atoms with E-state index in [1.165, 1.54) is 0 Å². The second-order valence-electron chi connectivity index (χ2n) is 2.20. The van der Waals surface area contributed by atoms with Gasteiger partial charge in [0.15, 0.2) is 0 Å². The molecule has 0 heterocycles. The van der Waals surface area contributed by atoms with Crippen molar-refractivity contribution in [3.05, 3.63) is 0 Å². The van der Waals surface area contributed by atoms with Gasteiger partial charge in [-0.15, -0.1) is 0 Å². The third kappa shape index (κ3) is 2.49. The van der Waals surface area contributed by atoms with Crippen molar-refractivity contribution >= 4 is 18.5 Å². The van der Waals surface area contributed by atoms with Gasteiger partial charge in [0.05, 0.1) is 11.8 Å². The van der Waals surface area contributed by atoms with Gasteiger partial charge in [-0.3, -0.25) is 4.79 Å². The number of hydrogen-bond acceptors (Lipinski definition) is 3. The zero-order chi connectivity index (χ0) is 8.85. The number of carboxylic acid groups (broad SMARTS) is 1. The first-order valence-corrected chi connectivity index (χ1v) is 3.30. The van der Waals surface area contributed by atoms with Crippen LogP contribution in [0.15, 0.2) is 0 Å². The lowest BCUT2D eigenvalue weighted by Gasteiger charge is -2.09. The zero-order valence-corrected chi connectivity index (χ0v) is 6.19. The molecule has 0 amide bonds. The van der Waals surface area contributed by atoms with E-state index in [1.807, 2.05) is 0 Å². The van der Waals surface area contributed by atoms with Crippen LogP contribution in [0.4, 0.5) is 0 Å². The van der Waals surface area contributed by atoms with E-state index in [0.717, 1.165) is 0 Å². The zero-order valence-electron chi connectivity index (χ0n) is 6.19. The average Bonchev–Trinajstić information content (AvgIpc) is 1.99. The third-order valence-corrected chi connectivity index (χ3v) is 1.54. The molecule has 0 radical (unpaired) electrons. The maximum absolute atomic E-state index is 10.4. The fourth-order valence-electron chi connectivity index (χ4n) is 0.833. The predicted octanol–water partition coefficient (Wildman–Crippen LogP) is 0.111. The van der Waals surface area contributed by atoms with Gasteiger partial charge in [-0.2, -0.15) is 0 Å². The highest BCUT2D eigenvalue weighted by atomic mass is 16.4. The lowest BCUT2D eigenvalue weighted by Crippen LogP contribution is -2.24. The van der Waals surface area contributed by atoms with Crippen LogP contribution in [0.2, 0.25) is 0 Å². The van der Waals surface area contributed by atoms with Crippen LogP contribution in [0.3, 0.4) is 0 Å². The highest BCUT2D eigenvalue weighted by molar-refractivity contribution is 5.85. The molecule has 1 N–H and O–H groups in total. The summed E-state index contributed by atoms with van der Waals surface area (Å²) in [6, 6.07) is 0. The van der Waals surface area contributed by atoms with E-state index in [1.54, 1.807) is 6.92 Å². The Labute approximate surface area is 64.2 Å². The number of aliphatic carboxylic acids is 1. The SMILES string of the molecule is CC[C@H](C(=O)O)C(C=O)C=O. The van der Waals surface area contributed by atoms with Crippen molar-refractivity contribution < 1.29 is 19.5 Å². The van der Waals surface area contributed by atoms with Crippen LogP contribution in [0, 0.1) is 11.8 Å². The third-order valence-electron chi connectivity index (χ3n) is 1.54. The fourth-order valence-corrected chi connectivity index (χ4v) is 0.833. The van der Waals surface area contributed by atoms with E-state index in [2.05, 4.69) is 0 Å². The largest absolute Gasteiger partial charge is 0.481 e. The maximum atomic E-state index is 10.4. The Morgan fingerprint density at radius 3 is 2.00 bits per heavy atom. The van der Waals surface area contributed by atoms with E-state index in [0.29, 0.717) is 12.6 Å². The van der Waals surface area contributed by atoms with Gasteiger partial charge in [0, 0.05) is 0 Å². The van der Waals surface area contributed by atoms with Gasteiger partial charge in [0.2, 0.25) is 0 Å². The molecule has 0 spiro atoms. The summed E-state index contributed by atoms with van der Waals surface area (Å²) in [6.07, 6.45) is 1.03. The number of carboxylic acids is 1. The van der Waals surface area contributed by atoms with E-state index in [9.17, 15) is 14.4 Å². The number of aldehydes is 2. The Hall–Kier alpha value is -1.19. The van der Waals surface area contributed by atoms with Gasteiger partial charge >= 0.3 is 5.97 Å².